The number of fused-ring (bicyclic) bond motifs is 5. The summed E-state index contributed by atoms with van der Waals surface area (Å²) in [5.74, 6) is -1.24. The maximum Gasteiger partial charge on any atom is 0.573 e. The van der Waals surface area contributed by atoms with Crippen LogP contribution in [0.4, 0.5) is 18.9 Å². The first-order valence-electron chi connectivity index (χ1n) is 9.20. The SMILES string of the molecule is NC(=NCCN1C(=O)C2C3C=CC(C3)C2C1=O)Nc1ccccc1OC(F)(F)F. The van der Waals surface area contributed by atoms with Gasteiger partial charge in [0.2, 0.25) is 11.8 Å². The molecule has 3 N–H and O–H groups in total. The topological polar surface area (TPSA) is 97.0 Å². The third-order valence-electron chi connectivity index (χ3n) is 5.54. The third-order valence-corrected chi connectivity index (χ3v) is 5.54. The molecule has 154 valence electrons. The summed E-state index contributed by atoms with van der Waals surface area (Å²) in [5.41, 5.74) is 5.74. The van der Waals surface area contributed by atoms with E-state index in [-0.39, 0.29) is 60.2 Å². The first-order chi connectivity index (χ1) is 13.7. The summed E-state index contributed by atoms with van der Waals surface area (Å²) in [6.07, 6.45) is 0.0453. The number of imide groups is 1. The van der Waals surface area contributed by atoms with Gasteiger partial charge in [0.1, 0.15) is 0 Å². The number of nitrogens with two attached hydrogens (primary N) is 1. The predicted molar refractivity (Wildman–Crippen MR) is 97.7 cm³/mol. The van der Waals surface area contributed by atoms with Crippen molar-refractivity contribution in [2.24, 2.45) is 34.4 Å². The van der Waals surface area contributed by atoms with E-state index in [1.165, 1.54) is 23.1 Å². The van der Waals surface area contributed by atoms with Gasteiger partial charge in [-0.3, -0.25) is 19.5 Å². The lowest BCUT2D eigenvalue weighted by Gasteiger charge is -2.16. The molecule has 29 heavy (non-hydrogen) atoms. The molecule has 1 aromatic carbocycles. The molecule has 2 bridgehead atoms. The van der Waals surface area contributed by atoms with Crippen LogP contribution >= 0.6 is 0 Å². The van der Waals surface area contributed by atoms with E-state index in [4.69, 9.17) is 5.73 Å². The number of likely N-dealkylation sites (tertiary alicyclic amines) is 1. The summed E-state index contributed by atoms with van der Waals surface area (Å²) in [6.45, 7) is 0.119. The third kappa shape index (κ3) is 3.66. The zero-order valence-corrected chi connectivity index (χ0v) is 15.2. The minimum atomic E-state index is -4.84. The highest BCUT2D eigenvalue weighted by Gasteiger charge is 2.58. The van der Waals surface area contributed by atoms with Crippen LogP contribution in [0.2, 0.25) is 0 Å². The lowest BCUT2D eigenvalue weighted by atomic mass is 9.85. The van der Waals surface area contributed by atoms with Gasteiger partial charge < -0.3 is 15.8 Å². The second kappa shape index (κ2) is 7.09. The number of anilines is 1. The molecule has 2 aliphatic carbocycles. The van der Waals surface area contributed by atoms with Gasteiger partial charge in [0, 0.05) is 6.54 Å². The van der Waals surface area contributed by atoms with Crippen molar-refractivity contribution in [2.75, 3.05) is 18.4 Å². The van der Waals surface area contributed by atoms with Crippen LogP contribution in [-0.4, -0.2) is 42.1 Å². The number of hydrogen-bond donors (Lipinski definition) is 2. The Morgan fingerprint density at radius 3 is 2.41 bits per heavy atom. The van der Waals surface area contributed by atoms with Gasteiger partial charge in [-0.05, 0) is 30.4 Å². The highest BCUT2D eigenvalue weighted by atomic mass is 19.4. The summed E-state index contributed by atoms with van der Waals surface area (Å²) in [4.78, 5) is 30.4. The maximum absolute atomic E-state index is 12.6. The Bertz CT molecular complexity index is 869. The maximum atomic E-state index is 12.6. The van der Waals surface area contributed by atoms with E-state index < -0.39 is 12.1 Å². The summed E-state index contributed by atoms with van der Waals surface area (Å²) in [5, 5.41) is 2.55. The van der Waals surface area contributed by atoms with Crippen molar-refractivity contribution in [3.63, 3.8) is 0 Å². The number of amides is 2. The summed E-state index contributed by atoms with van der Waals surface area (Å²) < 4.78 is 41.4. The fourth-order valence-electron chi connectivity index (χ4n) is 4.42. The quantitative estimate of drug-likeness (QED) is 0.337. The van der Waals surface area contributed by atoms with Crippen LogP contribution in [0.15, 0.2) is 41.4 Å². The highest BCUT2D eigenvalue weighted by Crippen LogP contribution is 2.52. The average Bonchev–Trinajstić information content (AvgIpc) is 3.32. The summed E-state index contributed by atoms with van der Waals surface area (Å²) in [6, 6.07) is 5.41. The van der Waals surface area contributed by atoms with Crippen LogP contribution in [-0.2, 0) is 9.59 Å². The van der Waals surface area contributed by atoms with E-state index >= 15 is 0 Å². The number of nitrogens with zero attached hydrogens (tertiary/aromatic N) is 2. The molecule has 2 amide bonds. The van der Waals surface area contributed by atoms with Crippen LogP contribution in [0.25, 0.3) is 0 Å². The van der Waals surface area contributed by atoms with Crippen molar-refractivity contribution in [1.29, 1.82) is 0 Å². The van der Waals surface area contributed by atoms with Gasteiger partial charge in [-0.1, -0.05) is 24.3 Å². The number of benzene rings is 1. The van der Waals surface area contributed by atoms with Crippen LogP contribution in [0, 0.1) is 23.7 Å². The molecule has 10 heteroatoms. The minimum absolute atomic E-state index is 0.00316. The van der Waals surface area contributed by atoms with E-state index in [1.807, 2.05) is 12.2 Å². The van der Waals surface area contributed by atoms with E-state index in [1.54, 1.807) is 0 Å². The van der Waals surface area contributed by atoms with E-state index in [9.17, 15) is 22.8 Å². The lowest BCUT2D eigenvalue weighted by Crippen LogP contribution is -2.35. The van der Waals surface area contributed by atoms with Crippen molar-refractivity contribution in [3.8, 4) is 5.75 Å². The van der Waals surface area contributed by atoms with E-state index in [2.05, 4.69) is 15.0 Å². The Morgan fingerprint density at radius 2 is 1.79 bits per heavy atom. The number of guanidine groups is 1. The molecule has 3 aliphatic rings. The zero-order chi connectivity index (χ0) is 20.8. The number of ether oxygens (including phenoxy) is 1. The molecule has 4 unspecified atom stereocenters. The van der Waals surface area contributed by atoms with Gasteiger partial charge in [-0.2, -0.15) is 0 Å². The average molecular weight is 408 g/mol. The van der Waals surface area contributed by atoms with Crippen LogP contribution < -0.4 is 15.8 Å². The van der Waals surface area contributed by atoms with Crippen molar-refractivity contribution < 1.29 is 27.5 Å². The van der Waals surface area contributed by atoms with Crippen molar-refractivity contribution >= 4 is 23.5 Å². The van der Waals surface area contributed by atoms with Gasteiger partial charge in [0.15, 0.2) is 11.7 Å². The molecule has 0 aromatic heterocycles. The monoisotopic (exact) mass is 408 g/mol. The Hall–Kier alpha value is -3.04. The second-order valence-corrected chi connectivity index (χ2v) is 7.26. The number of nitrogens with one attached hydrogen (secondary N) is 1. The Balaban J connectivity index is 1.36. The Morgan fingerprint density at radius 1 is 1.17 bits per heavy atom. The lowest BCUT2D eigenvalue weighted by molar-refractivity contribution is -0.274. The molecule has 1 saturated carbocycles. The van der Waals surface area contributed by atoms with Gasteiger partial charge in [0.25, 0.3) is 0 Å². The van der Waals surface area contributed by atoms with Crippen molar-refractivity contribution in [1.82, 2.24) is 4.90 Å². The van der Waals surface area contributed by atoms with E-state index in [0.29, 0.717) is 0 Å². The normalized spacial score (nSPS) is 28.2. The minimum Gasteiger partial charge on any atom is -0.404 e. The number of para-hydroxylation sites is 2. The molecule has 0 radical (unpaired) electrons. The van der Waals surface area contributed by atoms with Gasteiger partial charge in [0.05, 0.1) is 24.1 Å². The molecule has 2 fully saturated rings. The molecular formula is C19H19F3N4O3. The fourth-order valence-corrected chi connectivity index (χ4v) is 4.42. The number of rotatable bonds is 5. The van der Waals surface area contributed by atoms with Gasteiger partial charge in [-0.25, -0.2) is 0 Å². The number of hydrogen-bond acceptors (Lipinski definition) is 4. The highest BCUT2D eigenvalue weighted by molar-refractivity contribution is 6.06. The number of carbonyl (C=O) groups excluding carboxylic acids is 2. The molecule has 7 nitrogen and oxygen atoms in total. The number of aliphatic imine (C=N–C) groups is 1. The van der Waals surface area contributed by atoms with Gasteiger partial charge in [-0.15, -0.1) is 13.2 Å². The van der Waals surface area contributed by atoms with Crippen molar-refractivity contribution in [3.05, 3.63) is 36.4 Å². The summed E-state index contributed by atoms with van der Waals surface area (Å²) >= 11 is 0. The predicted octanol–water partition coefficient (Wildman–Crippen LogP) is 2.12. The largest absolute Gasteiger partial charge is 0.573 e. The Labute approximate surface area is 164 Å². The number of allylic oxidation sites excluding steroid dienone is 2. The molecule has 1 heterocycles. The summed E-state index contributed by atoms with van der Waals surface area (Å²) in [7, 11) is 0. The zero-order valence-electron chi connectivity index (χ0n) is 15.2. The van der Waals surface area contributed by atoms with Gasteiger partial charge >= 0.3 is 6.36 Å². The number of carbonyl (C=O) groups is 2. The van der Waals surface area contributed by atoms with Crippen LogP contribution in [0.3, 0.4) is 0 Å². The number of alkyl halides is 3. The smallest absolute Gasteiger partial charge is 0.404 e. The molecule has 1 saturated heterocycles. The molecule has 4 atom stereocenters. The molecule has 0 spiro atoms. The first kappa shape index (κ1) is 19.3. The fraction of sp³-hybridized carbons (Fsp3) is 0.421. The Kier molecular flexibility index (Phi) is 4.71. The van der Waals surface area contributed by atoms with Crippen molar-refractivity contribution in [2.45, 2.75) is 12.8 Å². The molecule has 1 aromatic rings. The molecule has 1 aliphatic heterocycles. The molecule has 4 rings (SSSR count). The van der Waals surface area contributed by atoms with Crippen LogP contribution in [0.1, 0.15) is 6.42 Å². The standard InChI is InChI=1S/C19H19F3N4O3/c20-19(21,22)29-13-4-2-1-3-12(13)25-18(23)24-7-8-26-16(27)14-10-5-6-11(9-10)15(14)17(26)28/h1-6,10-11,14-15H,7-9H2,(H3,23,24,25). The van der Waals surface area contributed by atoms with Crippen LogP contribution in [0.5, 0.6) is 5.75 Å². The number of halogens is 3. The van der Waals surface area contributed by atoms with E-state index in [0.717, 1.165) is 12.5 Å². The second-order valence-electron chi connectivity index (χ2n) is 7.26. The molecular weight excluding hydrogens is 389 g/mol. The first-order valence-corrected chi connectivity index (χ1v) is 9.20.